The second-order valence-corrected chi connectivity index (χ2v) is 4.20. The average Bonchev–Trinajstić information content (AvgIpc) is 1.58. The van der Waals surface area contributed by atoms with Crippen molar-refractivity contribution in [1.82, 2.24) is 0 Å². The van der Waals surface area contributed by atoms with Gasteiger partial charge in [0, 0.05) is 5.92 Å². The maximum atomic E-state index is 10.0. The van der Waals surface area contributed by atoms with Crippen LogP contribution in [0.2, 0.25) is 0 Å². The van der Waals surface area contributed by atoms with E-state index in [4.69, 9.17) is 0 Å². The standard InChI is InChI=1S/C4H8O4P2.2Na/c1-4(2-9(5)6)3-10(7)8;;/h4H,2-3H2,1H3;;/q;2*+1. The van der Waals surface area contributed by atoms with Crippen LogP contribution in [0.15, 0.2) is 0 Å². The predicted molar refractivity (Wildman–Crippen MR) is 34.1 cm³/mol. The van der Waals surface area contributed by atoms with Crippen LogP contribution in [0.3, 0.4) is 0 Å². The Hall–Kier alpha value is 2.12. The van der Waals surface area contributed by atoms with Crippen molar-refractivity contribution in [2.24, 2.45) is 5.92 Å². The number of rotatable bonds is 4. The summed E-state index contributed by atoms with van der Waals surface area (Å²) >= 11 is 0. The van der Waals surface area contributed by atoms with Gasteiger partial charge in [0.25, 0.3) is 0 Å². The van der Waals surface area contributed by atoms with Crippen LogP contribution in [0.1, 0.15) is 6.92 Å². The molecule has 58 valence electrons. The second-order valence-electron chi connectivity index (χ2n) is 2.14. The van der Waals surface area contributed by atoms with Gasteiger partial charge in [-0.2, -0.15) is 0 Å². The zero-order valence-electron chi connectivity index (χ0n) is 7.52. The fourth-order valence-electron chi connectivity index (χ4n) is 0.567. The van der Waals surface area contributed by atoms with Crippen LogP contribution in [0.5, 0.6) is 0 Å². The largest absolute Gasteiger partial charge is 1.00 e. The van der Waals surface area contributed by atoms with E-state index >= 15 is 0 Å². The predicted octanol–water partition coefficient (Wildman–Crippen LogP) is -6.16. The molecule has 2 unspecified atom stereocenters. The topological polar surface area (TPSA) is 80.3 Å². The Balaban J connectivity index is -0.000000405. The Morgan fingerprint density at radius 3 is 1.50 bits per heavy atom. The number of hydrogen-bond acceptors (Lipinski definition) is 4. The zero-order valence-corrected chi connectivity index (χ0v) is 13.3. The summed E-state index contributed by atoms with van der Waals surface area (Å²) in [6.07, 6.45) is -0.0860. The summed E-state index contributed by atoms with van der Waals surface area (Å²) in [5, 5.41) is 0. The molecule has 0 radical (unpaired) electrons. The first-order valence-electron chi connectivity index (χ1n) is 2.76. The van der Waals surface area contributed by atoms with Crippen LogP contribution < -0.4 is 68.9 Å². The van der Waals surface area contributed by atoms with Crippen molar-refractivity contribution in [3.8, 4) is 0 Å². The van der Waals surface area contributed by atoms with Crippen molar-refractivity contribution in [3.63, 3.8) is 0 Å². The van der Waals surface area contributed by atoms with Crippen LogP contribution >= 0.6 is 16.1 Å². The van der Waals surface area contributed by atoms with Gasteiger partial charge in [-0.3, -0.25) is 0 Å². The van der Waals surface area contributed by atoms with Crippen molar-refractivity contribution in [2.75, 3.05) is 12.3 Å². The minimum absolute atomic E-state index is 0. The van der Waals surface area contributed by atoms with Crippen LogP contribution in [0, 0.1) is 5.92 Å². The molecule has 0 bridgehead atoms. The normalized spacial score (nSPS) is 13.6. The third-order valence-corrected chi connectivity index (χ3v) is 2.76. The number of hydrogen-bond donors (Lipinski definition) is 0. The van der Waals surface area contributed by atoms with E-state index in [0.717, 1.165) is 0 Å². The average molecular weight is 228 g/mol. The summed E-state index contributed by atoms with van der Waals surface area (Å²) in [5.41, 5.74) is 0. The molecule has 0 spiro atoms. The molecule has 0 aliphatic rings. The molecule has 0 fully saturated rings. The van der Waals surface area contributed by atoms with E-state index in [1.54, 1.807) is 6.92 Å². The van der Waals surface area contributed by atoms with Gasteiger partial charge in [-0.25, -0.2) is 0 Å². The van der Waals surface area contributed by atoms with Gasteiger partial charge in [0.2, 0.25) is 0 Å². The van der Waals surface area contributed by atoms with Crippen molar-refractivity contribution in [2.45, 2.75) is 6.92 Å². The van der Waals surface area contributed by atoms with E-state index in [-0.39, 0.29) is 77.4 Å². The van der Waals surface area contributed by atoms with Crippen molar-refractivity contribution in [1.29, 1.82) is 0 Å². The molecule has 8 heteroatoms. The SMILES string of the molecule is CC(C[P+](=O)[O-])C[P+](=O)[O-].[Na+].[Na+]. The van der Waals surface area contributed by atoms with Gasteiger partial charge in [0.1, 0.15) is 12.3 Å². The fourth-order valence-corrected chi connectivity index (χ4v) is 2.05. The first-order valence-corrected chi connectivity index (χ1v) is 5.48. The zero-order chi connectivity index (χ0) is 8.15. The van der Waals surface area contributed by atoms with E-state index in [0.29, 0.717) is 0 Å². The quantitative estimate of drug-likeness (QED) is 0.354. The summed E-state index contributed by atoms with van der Waals surface area (Å²) in [4.78, 5) is 20.1. The molecule has 0 aromatic carbocycles. The molecule has 0 amide bonds. The monoisotopic (exact) mass is 228 g/mol. The van der Waals surface area contributed by atoms with Crippen molar-refractivity contribution in [3.05, 3.63) is 0 Å². The first-order chi connectivity index (χ1) is 4.52. The molecule has 0 saturated heterocycles. The van der Waals surface area contributed by atoms with Crippen molar-refractivity contribution >= 4 is 16.1 Å². The summed E-state index contributed by atoms with van der Waals surface area (Å²) < 4.78 is 20.1. The van der Waals surface area contributed by atoms with Crippen LogP contribution in [-0.2, 0) is 9.13 Å². The van der Waals surface area contributed by atoms with E-state index < -0.39 is 16.1 Å². The molecule has 0 rings (SSSR count). The Labute approximate surface area is 118 Å². The van der Waals surface area contributed by atoms with E-state index in [1.807, 2.05) is 0 Å². The van der Waals surface area contributed by atoms with Gasteiger partial charge < -0.3 is 9.79 Å². The third-order valence-electron chi connectivity index (χ3n) is 0.921. The molecule has 0 aliphatic carbocycles. The maximum absolute atomic E-state index is 10.0. The summed E-state index contributed by atoms with van der Waals surface area (Å²) in [5.74, 6) is -0.276. The van der Waals surface area contributed by atoms with Crippen LogP contribution in [0.25, 0.3) is 0 Å². The Bertz CT molecular complexity index is 138. The summed E-state index contributed by atoms with van der Waals surface area (Å²) in [7, 11) is -4.88. The van der Waals surface area contributed by atoms with E-state index in [1.165, 1.54) is 0 Å². The smallest absolute Gasteiger partial charge is 0.596 e. The second kappa shape index (κ2) is 11.2. The molecule has 0 N–H and O–H groups in total. The molecule has 2 atom stereocenters. The molecule has 12 heavy (non-hydrogen) atoms. The van der Waals surface area contributed by atoms with Gasteiger partial charge in [0.15, 0.2) is 0 Å². The third kappa shape index (κ3) is 14.6. The van der Waals surface area contributed by atoms with Gasteiger partial charge in [-0.15, -0.1) is 0 Å². The molecular formula is C4H8Na2O4P2+2. The maximum Gasteiger partial charge on any atom is 1.00 e. The molecule has 4 nitrogen and oxygen atoms in total. The van der Waals surface area contributed by atoms with Crippen molar-refractivity contribution < 1.29 is 78.0 Å². The molecule has 0 saturated carbocycles. The first kappa shape index (κ1) is 19.7. The Morgan fingerprint density at radius 2 is 1.33 bits per heavy atom. The molecule has 0 aromatic heterocycles. The van der Waals surface area contributed by atoms with Crippen LogP contribution in [0.4, 0.5) is 0 Å². The van der Waals surface area contributed by atoms with Gasteiger partial charge >= 0.3 is 75.2 Å². The van der Waals surface area contributed by atoms with Gasteiger partial charge in [-0.05, 0) is 0 Å². The minimum Gasteiger partial charge on any atom is -0.596 e. The van der Waals surface area contributed by atoms with E-state index in [2.05, 4.69) is 0 Å². The summed E-state index contributed by atoms with van der Waals surface area (Å²) in [6.45, 7) is 1.59. The fraction of sp³-hybridized carbons (Fsp3) is 1.00. The van der Waals surface area contributed by atoms with E-state index in [9.17, 15) is 18.9 Å². The minimum atomic E-state index is -2.44. The molecule has 0 aliphatic heterocycles. The molecular weight excluding hydrogens is 220 g/mol. The van der Waals surface area contributed by atoms with Crippen LogP contribution in [-0.4, -0.2) is 12.3 Å². The molecule has 0 heterocycles. The molecule has 0 aromatic rings. The van der Waals surface area contributed by atoms with Gasteiger partial charge in [-0.1, -0.05) is 16.1 Å². The van der Waals surface area contributed by atoms with Gasteiger partial charge in [0.05, 0.1) is 0 Å². The summed E-state index contributed by atoms with van der Waals surface area (Å²) in [6, 6.07) is 0. The Morgan fingerprint density at radius 1 is 1.08 bits per heavy atom. The Kier molecular flexibility index (Phi) is 18.3.